The van der Waals surface area contributed by atoms with Crippen LogP contribution in [0.4, 0.5) is 5.82 Å². The highest BCUT2D eigenvalue weighted by molar-refractivity contribution is 6.10. The second-order valence-corrected chi connectivity index (χ2v) is 7.61. The zero-order valence-corrected chi connectivity index (χ0v) is 17.4. The number of carbonyl (C=O) groups excluding carboxylic acids is 1. The molecule has 2 aromatic heterocycles. The third-order valence-corrected chi connectivity index (χ3v) is 5.46. The van der Waals surface area contributed by atoms with E-state index < -0.39 is 11.9 Å². The van der Waals surface area contributed by atoms with E-state index in [0.29, 0.717) is 34.7 Å². The van der Waals surface area contributed by atoms with Gasteiger partial charge in [0.1, 0.15) is 23.8 Å². The van der Waals surface area contributed by atoms with E-state index in [2.05, 4.69) is 11.6 Å². The van der Waals surface area contributed by atoms with Crippen LogP contribution in [0.5, 0.6) is 5.75 Å². The molecule has 3 heterocycles. The predicted octanol–water partition coefficient (Wildman–Crippen LogP) is 4.81. The van der Waals surface area contributed by atoms with E-state index in [1.807, 2.05) is 37.3 Å². The number of aromatic nitrogens is 1. The molecule has 1 amide bonds. The zero-order chi connectivity index (χ0) is 22.2. The summed E-state index contributed by atoms with van der Waals surface area (Å²) in [6, 6.07) is 17.3. The van der Waals surface area contributed by atoms with E-state index in [1.54, 1.807) is 42.6 Å². The molecule has 2 aromatic carbocycles. The molecule has 0 N–H and O–H groups in total. The van der Waals surface area contributed by atoms with Crippen molar-refractivity contribution < 1.29 is 13.9 Å². The van der Waals surface area contributed by atoms with Crippen LogP contribution in [0.25, 0.3) is 11.0 Å². The topological polar surface area (TPSA) is 72.6 Å². The van der Waals surface area contributed by atoms with E-state index >= 15 is 0 Å². The first-order chi connectivity index (χ1) is 15.6. The molecule has 0 aliphatic carbocycles. The van der Waals surface area contributed by atoms with Gasteiger partial charge in [-0.2, -0.15) is 0 Å². The summed E-state index contributed by atoms with van der Waals surface area (Å²) in [6.45, 7) is 5.95. The Morgan fingerprint density at radius 3 is 2.75 bits per heavy atom. The van der Waals surface area contributed by atoms with Gasteiger partial charge in [-0.25, -0.2) is 4.98 Å². The van der Waals surface area contributed by atoms with Gasteiger partial charge in [-0.1, -0.05) is 43.0 Å². The van der Waals surface area contributed by atoms with E-state index in [-0.39, 0.29) is 11.2 Å². The summed E-state index contributed by atoms with van der Waals surface area (Å²) in [5.41, 5.74) is 2.15. The standard InChI is InChI=1S/C26H20N2O4/c1-3-13-31-18-8-6-7-17(14-18)23-22-24(29)19-9-4-5-10-20(19)32-25(22)26(30)28(23)21-12-11-16(2)15-27-21/h3-12,14-15,23H,1,13H2,2H3. The second kappa shape index (κ2) is 7.81. The van der Waals surface area contributed by atoms with Gasteiger partial charge < -0.3 is 9.15 Å². The fourth-order valence-corrected chi connectivity index (χ4v) is 4.00. The van der Waals surface area contributed by atoms with Gasteiger partial charge in [0.2, 0.25) is 5.76 Å². The monoisotopic (exact) mass is 424 g/mol. The molecule has 0 bridgehead atoms. The molecule has 1 unspecified atom stereocenters. The summed E-state index contributed by atoms with van der Waals surface area (Å²) in [4.78, 5) is 33.0. The fourth-order valence-electron chi connectivity index (χ4n) is 4.00. The molecule has 0 radical (unpaired) electrons. The highest BCUT2D eigenvalue weighted by Crippen LogP contribution is 2.41. The van der Waals surface area contributed by atoms with Gasteiger partial charge in [-0.15, -0.1) is 0 Å². The molecule has 6 nitrogen and oxygen atoms in total. The largest absolute Gasteiger partial charge is 0.490 e. The van der Waals surface area contributed by atoms with Crippen molar-refractivity contribution in [1.82, 2.24) is 4.98 Å². The lowest BCUT2D eigenvalue weighted by Crippen LogP contribution is -2.30. The van der Waals surface area contributed by atoms with E-state index in [0.717, 1.165) is 11.1 Å². The summed E-state index contributed by atoms with van der Waals surface area (Å²) in [5, 5.41) is 0.432. The van der Waals surface area contributed by atoms with Crippen molar-refractivity contribution in [3.05, 3.63) is 112 Å². The number of fused-ring (bicyclic) bond motifs is 2. The number of nitrogens with zero attached hydrogens (tertiary/aromatic N) is 2. The van der Waals surface area contributed by atoms with Crippen LogP contribution in [-0.4, -0.2) is 17.5 Å². The van der Waals surface area contributed by atoms with Crippen molar-refractivity contribution in [1.29, 1.82) is 0 Å². The molecular formula is C26H20N2O4. The van der Waals surface area contributed by atoms with Gasteiger partial charge in [0.15, 0.2) is 5.43 Å². The first-order valence-corrected chi connectivity index (χ1v) is 10.2. The highest BCUT2D eigenvalue weighted by atomic mass is 16.5. The van der Waals surface area contributed by atoms with Crippen molar-refractivity contribution in [2.75, 3.05) is 11.5 Å². The smallest absolute Gasteiger partial charge is 0.296 e. The summed E-state index contributed by atoms with van der Waals surface area (Å²) >= 11 is 0. The fraction of sp³-hybridized carbons (Fsp3) is 0.115. The summed E-state index contributed by atoms with van der Waals surface area (Å²) in [7, 11) is 0. The maximum atomic E-state index is 13.5. The minimum atomic E-state index is -0.694. The average molecular weight is 424 g/mol. The Kier molecular flexibility index (Phi) is 4.82. The average Bonchev–Trinajstić information content (AvgIpc) is 3.11. The predicted molar refractivity (Wildman–Crippen MR) is 122 cm³/mol. The number of amides is 1. The molecule has 0 fully saturated rings. The quantitative estimate of drug-likeness (QED) is 0.430. The third-order valence-electron chi connectivity index (χ3n) is 5.46. The number of ether oxygens (including phenoxy) is 1. The second-order valence-electron chi connectivity index (χ2n) is 7.61. The van der Waals surface area contributed by atoms with E-state index in [1.165, 1.54) is 4.90 Å². The Morgan fingerprint density at radius 1 is 1.12 bits per heavy atom. The van der Waals surface area contributed by atoms with Crippen LogP contribution in [0.2, 0.25) is 0 Å². The SMILES string of the molecule is C=CCOc1cccc(C2c3c(oc4ccccc4c3=O)C(=O)N2c2ccc(C)cn2)c1. The number of hydrogen-bond donors (Lipinski definition) is 0. The molecule has 6 heteroatoms. The normalized spacial score (nSPS) is 15.1. The maximum absolute atomic E-state index is 13.5. The molecule has 1 aliphatic rings. The van der Waals surface area contributed by atoms with Crippen molar-refractivity contribution >= 4 is 22.7 Å². The first kappa shape index (κ1) is 19.8. The van der Waals surface area contributed by atoms with E-state index in [4.69, 9.17) is 9.15 Å². The minimum absolute atomic E-state index is 0.0403. The van der Waals surface area contributed by atoms with Crippen molar-refractivity contribution in [2.24, 2.45) is 0 Å². The highest BCUT2D eigenvalue weighted by Gasteiger charge is 2.44. The summed E-state index contributed by atoms with van der Waals surface area (Å²) in [6.07, 6.45) is 3.35. The lowest BCUT2D eigenvalue weighted by atomic mass is 9.98. The Bertz CT molecular complexity index is 1410. The van der Waals surface area contributed by atoms with Gasteiger partial charge in [0.05, 0.1) is 17.0 Å². The van der Waals surface area contributed by atoms with Gasteiger partial charge in [0, 0.05) is 6.20 Å². The molecule has 5 rings (SSSR count). The van der Waals surface area contributed by atoms with Gasteiger partial charge in [-0.3, -0.25) is 14.5 Å². The Balaban J connectivity index is 1.75. The number of anilines is 1. The van der Waals surface area contributed by atoms with Gasteiger partial charge in [0.25, 0.3) is 5.91 Å². The number of para-hydroxylation sites is 1. The van der Waals surface area contributed by atoms with Crippen molar-refractivity contribution in [3.63, 3.8) is 0 Å². The number of carbonyl (C=O) groups is 1. The number of hydrogen-bond acceptors (Lipinski definition) is 5. The molecular weight excluding hydrogens is 404 g/mol. The van der Waals surface area contributed by atoms with Crippen LogP contribution in [0.1, 0.15) is 33.3 Å². The van der Waals surface area contributed by atoms with Crippen LogP contribution in [0, 0.1) is 6.92 Å². The van der Waals surface area contributed by atoms with Crippen LogP contribution < -0.4 is 15.1 Å². The van der Waals surface area contributed by atoms with Crippen LogP contribution in [0.3, 0.4) is 0 Å². The number of rotatable bonds is 5. The van der Waals surface area contributed by atoms with Gasteiger partial charge >= 0.3 is 0 Å². The minimum Gasteiger partial charge on any atom is -0.490 e. The molecule has 32 heavy (non-hydrogen) atoms. The number of benzene rings is 2. The maximum Gasteiger partial charge on any atom is 0.296 e. The molecule has 0 saturated heterocycles. The molecule has 0 saturated carbocycles. The first-order valence-electron chi connectivity index (χ1n) is 10.2. The zero-order valence-electron chi connectivity index (χ0n) is 17.4. The Morgan fingerprint density at radius 2 is 1.97 bits per heavy atom. The summed E-state index contributed by atoms with van der Waals surface area (Å²) < 4.78 is 11.6. The summed E-state index contributed by atoms with van der Waals surface area (Å²) in [5.74, 6) is 0.697. The van der Waals surface area contributed by atoms with Crippen LogP contribution in [-0.2, 0) is 0 Å². The molecule has 158 valence electrons. The molecule has 1 atom stereocenters. The van der Waals surface area contributed by atoms with Crippen molar-refractivity contribution in [2.45, 2.75) is 13.0 Å². The molecule has 4 aromatic rings. The number of aryl methyl sites for hydroxylation is 1. The van der Waals surface area contributed by atoms with Crippen LogP contribution in [0.15, 0.2) is 88.7 Å². The van der Waals surface area contributed by atoms with Crippen LogP contribution >= 0.6 is 0 Å². The lowest BCUT2D eigenvalue weighted by molar-refractivity contribution is 0.0970. The van der Waals surface area contributed by atoms with E-state index in [9.17, 15) is 9.59 Å². The Labute approximate surface area is 184 Å². The molecule has 0 spiro atoms. The number of pyridine rings is 1. The van der Waals surface area contributed by atoms with Gasteiger partial charge in [-0.05, 0) is 48.4 Å². The van der Waals surface area contributed by atoms with Crippen molar-refractivity contribution in [3.8, 4) is 5.75 Å². The molecule has 1 aliphatic heterocycles. The third kappa shape index (κ3) is 3.17. The Hall–Kier alpha value is -4.19. The lowest BCUT2D eigenvalue weighted by Gasteiger charge is -2.24.